The molecule has 0 fully saturated rings. The van der Waals surface area contributed by atoms with Gasteiger partial charge in [-0.3, -0.25) is 4.79 Å². The predicted molar refractivity (Wildman–Crippen MR) is 66.2 cm³/mol. The Labute approximate surface area is 110 Å². The zero-order chi connectivity index (χ0) is 14.4. The number of carbonyl (C=O) groups excluding carboxylic acids is 1. The molecule has 0 radical (unpaired) electrons. The van der Waals surface area contributed by atoms with E-state index in [1.54, 1.807) is 13.8 Å². The summed E-state index contributed by atoms with van der Waals surface area (Å²) in [5.41, 5.74) is 0. The number of hydrogen-bond acceptors (Lipinski definition) is 4. The van der Waals surface area contributed by atoms with Crippen molar-refractivity contribution in [3.8, 4) is 12.3 Å². The lowest BCUT2D eigenvalue weighted by molar-refractivity contribution is -0.137. The summed E-state index contributed by atoms with van der Waals surface area (Å²) in [5, 5.41) is 11.3. The van der Waals surface area contributed by atoms with Gasteiger partial charge in [0.25, 0.3) is 0 Å². The minimum absolute atomic E-state index is 0.0878. The van der Waals surface area contributed by atoms with Gasteiger partial charge in [0.2, 0.25) is 5.89 Å². The third-order valence-electron chi connectivity index (χ3n) is 2.25. The van der Waals surface area contributed by atoms with Crippen molar-refractivity contribution >= 4 is 12.0 Å². The second-order valence-electron chi connectivity index (χ2n) is 3.93. The monoisotopic (exact) mass is 265 g/mol. The topological polar surface area (TPSA) is 95.7 Å². The summed E-state index contributed by atoms with van der Waals surface area (Å²) in [6.45, 7) is 2.86. The first-order chi connectivity index (χ1) is 8.93. The standard InChI is InChI=1S/C12H15N3O4/c1-4-5-15(7-10(16)17)12(18)14-9(3)11-13-6-8(2)19-11/h1,6,9H,5,7H2,2-3H3,(H,14,18)(H,16,17). The second-order valence-corrected chi connectivity index (χ2v) is 3.93. The first-order valence-electron chi connectivity index (χ1n) is 5.57. The van der Waals surface area contributed by atoms with Gasteiger partial charge < -0.3 is 19.7 Å². The number of carboxylic acid groups (broad SMARTS) is 1. The van der Waals surface area contributed by atoms with E-state index in [2.05, 4.69) is 16.2 Å². The lowest BCUT2D eigenvalue weighted by Gasteiger charge is -2.20. The van der Waals surface area contributed by atoms with E-state index in [-0.39, 0.29) is 6.54 Å². The Hall–Kier alpha value is -2.49. The van der Waals surface area contributed by atoms with Crippen molar-refractivity contribution in [2.45, 2.75) is 19.9 Å². The predicted octanol–water partition coefficient (Wildman–Crippen LogP) is 0.773. The SMILES string of the molecule is C#CCN(CC(=O)O)C(=O)NC(C)c1ncc(C)o1. The molecule has 0 aliphatic heterocycles. The van der Waals surface area contributed by atoms with Gasteiger partial charge in [-0.1, -0.05) is 5.92 Å². The fourth-order valence-corrected chi connectivity index (χ4v) is 1.38. The second kappa shape index (κ2) is 6.44. The molecule has 0 bridgehead atoms. The Morgan fingerprint density at radius 3 is 2.84 bits per heavy atom. The molecule has 19 heavy (non-hydrogen) atoms. The average Bonchev–Trinajstić information content (AvgIpc) is 2.74. The maximum Gasteiger partial charge on any atom is 0.323 e. The third kappa shape index (κ3) is 4.35. The number of aromatic nitrogens is 1. The number of urea groups is 1. The molecule has 2 N–H and O–H groups in total. The van der Waals surface area contributed by atoms with E-state index in [0.717, 1.165) is 4.90 Å². The Morgan fingerprint density at radius 1 is 1.68 bits per heavy atom. The summed E-state index contributed by atoms with van der Waals surface area (Å²) in [4.78, 5) is 27.5. The number of carbonyl (C=O) groups is 2. The van der Waals surface area contributed by atoms with E-state index >= 15 is 0 Å². The number of aliphatic carboxylic acids is 1. The van der Waals surface area contributed by atoms with Crippen LogP contribution in [0.2, 0.25) is 0 Å². The van der Waals surface area contributed by atoms with E-state index in [1.165, 1.54) is 6.20 Å². The smallest absolute Gasteiger partial charge is 0.323 e. The van der Waals surface area contributed by atoms with Gasteiger partial charge in [0, 0.05) is 0 Å². The van der Waals surface area contributed by atoms with Crippen molar-refractivity contribution in [2.24, 2.45) is 0 Å². The zero-order valence-electron chi connectivity index (χ0n) is 10.7. The molecule has 0 saturated carbocycles. The molecule has 1 rings (SSSR count). The fraction of sp³-hybridized carbons (Fsp3) is 0.417. The quantitative estimate of drug-likeness (QED) is 0.767. The molecular formula is C12H15N3O4. The number of amides is 2. The summed E-state index contributed by atoms with van der Waals surface area (Å²) in [7, 11) is 0. The van der Waals surface area contributed by atoms with Crippen LogP contribution in [-0.4, -0.2) is 40.1 Å². The summed E-state index contributed by atoms with van der Waals surface area (Å²) < 4.78 is 5.27. The minimum atomic E-state index is -1.13. The van der Waals surface area contributed by atoms with Gasteiger partial charge in [-0.2, -0.15) is 0 Å². The van der Waals surface area contributed by atoms with Crippen LogP contribution in [0.5, 0.6) is 0 Å². The molecule has 0 saturated heterocycles. The van der Waals surface area contributed by atoms with Crippen molar-refractivity contribution in [1.82, 2.24) is 15.2 Å². The number of terminal acetylenes is 1. The molecule has 2 amide bonds. The molecule has 7 nitrogen and oxygen atoms in total. The highest BCUT2D eigenvalue weighted by molar-refractivity contribution is 5.80. The van der Waals surface area contributed by atoms with Crippen molar-refractivity contribution in [3.63, 3.8) is 0 Å². The van der Waals surface area contributed by atoms with E-state index < -0.39 is 24.6 Å². The van der Waals surface area contributed by atoms with Crippen molar-refractivity contribution < 1.29 is 19.1 Å². The molecule has 1 heterocycles. The zero-order valence-corrected chi connectivity index (χ0v) is 10.7. The summed E-state index contributed by atoms with van der Waals surface area (Å²) >= 11 is 0. The van der Waals surface area contributed by atoms with Crippen LogP contribution in [0.25, 0.3) is 0 Å². The maximum atomic E-state index is 11.8. The lowest BCUT2D eigenvalue weighted by Crippen LogP contribution is -2.43. The molecule has 0 aliphatic carbocycles. The van der Waals surface area contributed by atoms with Crippen LogP contribution in [0, 0.1) is 19.3 Å². The number of nitrogens with zero attached hydrogens (tertiary/aromatic N) is 2. The number of oxazole rings is 1. The molecule has 0 spiro atoms. The summed E-state index contributed by atoms with van der Waals surface area (Å²) in [6.07, 6.45) is 6.63. The Morgan fingerprint density at radius 2 is 2.37 bits per heavy atom. The van der Waals surface area contributed by atoms with E-state index in [9.17, 15) is 9.59 Å². The van der Waals surface area contributed by atoms with Crippen LogP contribution in [0.3, 0.4) is 0 Å². The van der Waals surface area contributed by atoms with E-state index in [1.807, 2.05) is 0 Å². The highest BCUT2D eigenvalue weighted by Crippen LogP contribution is 2.12. The number of carboxylic acids is 1. The maximum absolute atomic E-state index is 11.8. The average molecular weight is 265 g/mol. The molecule has 1 aromatic rings. The van der Waals surface area contributed by atoms with Gasteiger partial charge in [0.05, 0.1) is 12.7 Å². The van der Waals surface area contributed by atoms with Crippen LogP contribution >= 0.6 is 0 Å². The molecule has 1 aromatic heterocycles. The molecule has 0 aromatic carbocycles. The van der Waals surface area contributed by atoms with Crippen LogP contribution in [0.4, 0.5) is 4.79 Å². The Balaban J connectivity index is 2.65. The van der Waals surface area contributed by atoms with Gasteiger partial charge in [0.15, 0.2) is 0 Å². The highest BCUT2D eigenvalue weighted by Gasteiger charge is 2.20. The van der Waals surface area contributed by atoms with Crippen LogP contribution in [0.15, 0.2) is 10.6 Å². The summed E-state index contributed by atoms with van der Waals surface area (Å²) in [6, 6.07) is -1.06. The molecule has 102 valence electrons. The van der Waals surface area contributed by atoms with Crippen molar-refractivity contribution in [2.75, 3.05) is 13.1 Å². The first kappa shape index (κ1) is 14.6. The minimum Gasteiger partial charge on any atom is -0.480 e. The van der Waals surface area contributed by atoms with Crippen LogP contribution in [-0.2, 0) is 4.79 Å². The molecule has 0 aliphatic rings. The van der Waals surface area contributed by atoms with Crippen LogP contribution in [0.1, 0.15) is 24.6 Å². The third-order valence-corrected chi connectivity index (χ3v) is 2.25. The summed E-state index contributed by atoms with van der Waals surface area (Å²) in [5.74, 6) is 2.08. The molecule has 1 unspecified atom stereocenters. The number of hydrogen-bond donors (Lipinski definition) is 2. The van der Waals surface area contributed by atoms with Gasteiger partial charge in [-0.15, -0.1) is 6.42 Å². The molecular weight excluding hydrogens is 250 g/mol. The van der Waals surface area contributed by atoms with E-state index in [0.29, 0.717) is 11.7 Å². The van der Waals surface area contributed by atoms with Crippen molar-refractivity contribution in [1.29, 1.82) is 0 Å². The van der Waals surface area contributed by atoms with Gasteiger partial charge in [-0.05, 0) is 13.8 Å². The number of rotatable bonds is 5. The molecule has 7 heteroatoms. The first-order valence-corrected chi connectivity index (χ1v) is 5.57. The largest absolute Gasteiger partial charge is 0.480 e. The number of aryl methyl sites for hydroxylation is 1. The number of nitrogens with one attached hydrogen (secondary N) is 1. The van der Waals surface area contributed by atoms with Crippen LogP contribution < -0.4 is 5.32 Å². The lowest BCUT2D eigenvalue weighted by atomic mass is 10.3. The van der Waals surface area contributed by atoms with Gasteiger partial charge >= 0.3 is 12.0 Å². The fourth-order valence-electron chi connectivity index (χ4n) is 1.38. The Kier molecular flexibility index (Phi) is 4.94. The van der Waals surface area contributed by atoms with Gasteiger partial charge in [-0.25, -0.2) is 9.78 Å². The van der Waals surface area contributed by atoms with Crippen molar-refractivity contribution in [3.05, 3.63) is 17.8 Å². The Bertz CT molecular complexity index is 503. The van der Waals surface area contributed by atoms with E-state index in [4.69, 9.17) is 15.9 Å². The normalized spacial score (nSPS) is 11.4. The molecule has 1 atom stereocenters. The van der Waals surface area contributed by atoms with Gasteiger partial charge in [0.1, 0.15) is 18.3 Å². The highest BCUT2D eigenvalue weighted by atomic mass is 16.4.